The molecule has 4 heteroatoms. The molecule has 0 aliphatic heterocycles. The van der Waals surface area contributed by atoms with Gasteiger partial charge >= 0.3 is 0 Å². The van der Waals surface area contributed by atoms with Gasteiger partial charge in [0, 0.05) is 19.7 Å². The van der Waals surface area contributed by atoms with Gasteiger partial charge in [-0.15, -0.1) is 0 Å². The maximum atomic E-state index is 9.01. The van der Waals surface area contributed by atoms with E-state index in [1.54, 1.807) is 7.11 Å². The molecule has 0 saturated heterocycles. The lowest BCUT2D eigenvalue weighted by Gasteiger charge is -2.28. The Hall–Kier alpha value is -0.840. The van der Waals surface area contributed by atoms with E-state index in [0.717, 1.165) is 31.4 Å². The first-order valence-electron chi connectivity index (χ1n) is 6.66. The maximum absolute atomic E-state index is 9.01. The molecule has 1 N–H and O–H groups in total. The Labute approximate surface area is 109 Å². The summed E-state index contributed by atoms with van der Waals surface area (Å²) in [6, 6.07) is 4.36. The van der Waals surface area contributed by atoms with Crippen LogP contribution in [0.25, 0.3) is 0 Å². The third-order valence-electron chi connectivity index (χ3n) is 3.69. The second kappa shape index (κ2) is 6.36. The molecule has 1 aromatic rings. The fraction of sp³-hybridized carbons (Fsp3) is 0.714. The number of hydrogen-bond acceptors (Lipinski definition) is 4. The van der Waals surface area contributed by atoms with E-state index in [9.17, 15) is 0 Å². The van der Waals surface area contributed by atoms with Gasteiger partial charge in [-0.2, -0.15) is 0 Å². The van der Waals surface area contributed by atoms with Crippen LogP contribution in [-0.2, 0) is 17.9 Å². The van der Waals surface area contributed by atoms with Gasteiger partial charge in [0.2, 0.25) is 0 Å². The van der Waals surface area contributed by atoms with Gasteiger partial charge in [-0.3, -0.25) is 4.90 Å². The molecule has 0 radical (unpaired) electrons. The third-order valence-corrected chi connectivity index (χ3v) is 3.69. The zero-order valence-corrected chi connectivity index (χ0v) is 11.3. The average molecular weight is 253 g/mol. The van der Waals surface area contributed by atoms with Crippen molar-refractivity contribution in [2.45, 2.75) is 39.0 Å². The molecule has 0 amide bonds. The molecule has 4 nitrogen and oxygen atoms in total. The van der Waals surface area contributed by atoms with E-state index in [0.29, 0.717) is 11.8 Å². The van der Waals surface area contributed by atoms with Crippen molar-refractivity contribution in [1.82, 2.24) is 4.90 Å². The van der Waals surface area contributed by atoms with Crippen molar-refractivity contribution in [3.63, 3.8) is 0 Å². The van der Waals surface area contributed by atoms with E-state index in [-0.39, 0.29) is 6.61 Å². The first-order chi connectivity index (χ1) is 8.74. The minimum Gasteiger partial charge on any atom is -0.462 e. The van der Waals surface area contributed by atoms with Crippen LogP contribution < -0.4 is 0 Å². The quantitative estimate of drug-likeness (QED) is 0.770. The average Bonchev–Trinajstić information content (AvgIpc) is 3.14. The van der Waals surface area contributed by atoms with E-state index in [2.05, 4.69) is 11.8 Å². The Morgan fingerprint density at radius 2 is 2.17 bits per heavy atom. The highest BCUT2D eigenvalue weighted by molar-refractivity contribution is 5.06. The molecule has 2 rings (SSSR count). The van der Waals surface area contributed by atoms with Crippen LogP contribution in [0.15, 0.2) is 16.5 Å². The summed E-state index contributed by atoms with van der Waals surface area (Å²) >= 11 is 0. The van der Waals surface area contributed by atoms with Gasteiger partial charge in [-0.1, -0.05) is 0 Å². The van der Waals surface area contributed by atoms with E-state index in [1.807, 2.05) is 12.1 Å². The number of aliphatic hydroxyl groups excluding tert-OH is 1. The molecule has 1 heterocycles. The van der Waals surface area contributed by atoms with E-state index >= 15 is 0 Å². The van der Waals surface area contributed by atoms with Gasteiger partial charge in [0.15, 0.2) is 0 Å². The summed E-state index contributed by atoms with van der Waals surface area (Å²) in [5.74, 6) is 2.38. The fourth-order valence-corrected chi connectivity index (χ4v) is 2.30. The van der Waals surface area contributed by atoms with E-state index < -0.39 is 0 Å². The van der Waals surface area contributed by atoms with Crippen LogP contribution >= 0.6 is 0 Å². The van der Waals surface area contributed by atoms with Crippen LogP contribution in [0.5, 0.6) is 0 Å². The third kappa shape index (κ3) is 3.57. The molecular formula is C14H23NO3. The van der Waals surface area contributed by atoms with Crippen LogP contribution in [0.3, 0.4) is 0 Å². The lowest BCUT2D eigenvalue weighted by atomic mass is 10.2. The Kier molecular flexibility index (Phi) is 4.80. The molecule has 1 atom stereocenters. The highest BCUT2D eigenvalue weighted by Gasteiger charge is 2.32. The van der Waals surface area contributed by atoms with Crippen molar-refractivity contribution in [3.05, 3.63) is 23.7 Å². The number of aliphatic hydroxyl groups is 1. The minimum absolute atomic E-state index is 0.0315. The van der Waals surface area contributed by atoms with Crippen molar-refractivity contribution in [3.8, 4) is 0 Å². The second-order valence-corrected chi connectivity index (χ2v) is 5.07. The Balaban J connectivity index is 1.94. The molecule has 18 heavy (non-hydrogen) atoms. The predicted octanol–water partition coefficient (Wildman–Crippen LogP) is 2.02. The molecule has 1 aliphatic rings. The van der Waals surface area contributed by atoms with Gasteiger partial charge in [0.25, 0.3) is 0 Å². The Bertz CT molecular complexity index is 360. The number of methoxy groups -OCH3 is 1. The number of hydrogen-bond donors (Lipinski definition) is 1. The SMILES string of the molecule is COCCN(Cc1ccc(CO)o1)C(C)C1CC1. The summed E-state index contributed by atoms with van der Waals surface area (Å²) in [7, 11) is 1.73. The van der Waals surface area contributed by atoms with Gasteiger partial charge in [-0.25, -0.2) is 0 Å². The number of ether oxygens (including phenoxy) is 1. The molecule has 102 valence electrons. The predicted molar refractivity (Wildman–Crippen MR) is 69.1 cm³/mol. The highest BCUT2D eigenvalue weighted by Crippen LogP contribution is 2.35. The molecule has 1 aromatic heterocycles. The van der Waals surface area contributed by atoms with Crippen molar-refractivity contribution in [2.75, 3.05) is 20.3 Å². The van der Waals surface area contributed by atoms with Crippen LogP contribution in [0.2, 0.25) is 0 Å². The van der Waals surface area contributed by atoms with Crippen molar-refractivity contribution in [1.29, 1.82) is 0 Å². The number of nitrogens with zero attached hydrogens (tertiary/aromatic N) is 1. The summed E-state index contributed by atoms with van der Waals surface area (Å²) in [4.78, 5) is 2.40. The zero-order valence-electron chi connectivity index (χ0n) is 11.3. The van der Waals surface area contributed by atoms with Crippen molar-refractivity contribution >= 4 is 0 Å². The van der Waals surface area contributed by atoms with Crippen molar-refractivity contribution < 1.29 is 14.3 Å². The number of furan rings is 1. The first kappa shape index (κ1) is 13.6. The standard InChI is InChI=1S/C14H23NO3/c1-11(12-3-4-12)15(7-8-17-2)9-13-5-6-14(10-16)18-13/h5-6,11-12,16H,3-4,7-10H2,1-2H3. The fourth-order valence-electron chi connectivity index (χ4n) is 2.30. The topological polar surface area (TPSA) is 45.8 Å². The summed E-state index contributed by atoms with van der Waals surface area (Å²) in [5, 5.41) is 9.01. The molecule has 0 aromatic carbocycles. The molecule has 1 saturated carbocycles. The van der Waals surface area contributed by atoms with Crippen LogP contribution in [0.1, 0.15) is 31.3 Å². The Morgan fingerprint density at radius 3 is 2.72 bits per heavy atom. The normalized spacial score (nSPS) is 17.3. The summed E-state index contributed by atoms with van der Waals surface area (Å²) < 4.78 is 10.7. The molecule has 0 spiro atoms. The first-order valence-corrected chi connectivity index (χ1v) is 6.66. The molecule has 1 fully saturated rings. The van der Waals surface area contributed by atoms with Gasteiger partial charge in [0.1, 0.15) is 18.1 Å². The van der Waals surface area contributed by atoms with Gasteiger partial charge < -0.3 is 14.3 Å². The lowest BCUT2D eigenvalue weighted by Crippen LogP contribution is -2.36. The van der Waals surface area contributed by atoms with Gasteiger partial charge in [0.05, 0.1) is 13.2 Å². The smallest absolute Gasteiger partial charge is 0.129 e. The van der Waals surface area contributed by atoms with E-state index in [4.69, 9.17) is 14.3 Å². The molecule has 1 aliphatic carbocycles. The van der Waals surface area contributed by atoms with Crippen molar-refractivity contribution in [2.24, 2.45) is 5.92 Å². The highest BCUT2D eigenvalue weighted by atomic mass is 16.5. The zero-order chi connectivity index (χ0) is 13.0. The Morgan fingerprint density at radius 1 is 1.44 bits per heavy atom. The molecule has 0 bridgehead atoms. The van der Waals surface area contributed by atoms with Crippen LogP contribution in [0.4, 0.5) is 0 Å². The summed E-state index contributed by atoms with van der Waals surface area (Å²) in [6.45, 7) is 4.70. The molecular weight excluding hydrogens is 230 g/mol. The largest absolute Gasteiger partial charge is 0.462 e. The monoisotopic (exact) mass is 253 g/mol. The summed E-state index contributed by atoms with van der Waals surface area (Å²) in [6.07, 6.45) is 2.68. The minimum atomic E-state index is -0.0315. The maximum Gasteiger partial charge on any atom is 0.129 e. The van der Waals surface area contributed by atoms with Crippen LogP contribution in [-0.4, -0.2) is 36.3 Å². The molecule has 1 unspecified atom stereocenters. The lowest BCUT2D eigenvalue weighted by molar-refractivity contribution is 0.104. The van der Waals surface area contributed by atoms with Gasteiger partial charge in [-0.05, 0) is 37.8 Å². The number of rotatable bonds is 8. The summed E-state index contributed by atoms with van der Waals surface area (Å²) in [5.41, 5.74) is 0. The second-order valence-electron chi connectivity index (χ2n) is 5.07. The van der Waals surface area contributed by atoms with E-state index in [1.165, 1.54) is 12.8 Å². The van der Waals surface area contributed by atoms with Crippen LogP contribution in [0, 0.1) is 5.92 Å².